The van der Waals surface area contributed by atoms with E-state index in [1.54, 1.807) is 39.5 Å². The summed E-state index contributed by atoms with van der Waals surface area (Å²) in [5.41, 5.74) is -1.06. The fourth-order valence-electron chi connectivity index (χ4n) is 2.65. The molecule has 2 unspecified atom stereocenters. The summed E-state index contributed by atoms with van der Waals surface area (Å²) < 4.78 is 10.5. The molecule has 6 nitrogen and oxygen atoms in total. The monoisotopic (exact) mass is 295 g/mol. The maximum absolute atomic E-state index is 10.4. The van der Waals surface area contributed by atoms with E-state index in [1.807, 2.05) is 0 Å². The highest BCUT2D eigenvalue weighted by molar-refractivity contribution is 5.80. The van der Waals surface area contributed by atoms with Gasteiger partial charge in [0.25, 0.3) is 0 Å². The smallest absolute Gasteiger partial charge is 0.193 e. The lowest BCUT2D eigenvalue weighted by molar-refractivity contribution is 0.0380. The Morgan fingerprint density at radius 1 is 1.67 bits per heavy atom. The highest BCUT2D eigenvalue weighted by Gasteiger charge is 2.29. The Bertz CT molecular complexity index is 457. The molecule has 0 saturated carbocycles. The molecule has 1 aliphatic rings. The van der Waals surface area contributed by atoms with Gasteiger partial charge in [0.2, 0.25) is 0 Å². The van der Waals surface area contributed by atoms with Crippen molar-refractivity contribution in [1.29, 1.82) is 0 Å². The summed E-state index contributed by atoms with van der Waals surface area (Å²) in [5.74, 6) is 1.89. The molecule has 21 heavy (non-hydrogen) atoms. The van der Waals surface area contributed by atoms with E-state index in [1.165, 1.54) is 0 Å². The SMILES string of the molecule is CN=C(NCC(C)(O)c1ccco1)N1CCC(COC)C1. The highest BCUT2D eigenvalue weighted by atomic mass is 16.5. The Kier molecular flexibility index (Phi) is 5.25. The molecule has 1 fully saturated rings. The van der Waals surface area contributed by atoms with Crippen LogP contribution in [0.4, 0.5) is 0 Å². The first-order chi connectivity index (χ1) is 10.1. The first-order valence-corrected chi connectivity index (χ1v) is 7.27. The van der Waals surface area contributed by atoms with Crippen LogP contribution in [0.1, 0.15) is 19.1 Å². The third-order valence-corrected chi connectivity index (χ3v) is 3.84. The number of hydrogen-bond acceptors (Lipinski definition) is 4. The molecule has 1 saturated heterocycles. The third-order valence-electron chi connectivity index (χ3n) is 3.84. The zero-order chi connectivity index (χ0) is 15.3. The van der Waals surface area contributed by atoms with Gasteiger partial charge < -0.3 is 24.5 Å². The average molecular weight is 295 g/mol. The van der Waals surface area contributed by atoms with Gasteiger partial charge in [-0.1, -0.05) is 0 Å². The van der Waals surface area contributed by atoms with Gasteiger partial charge in [0.15, 0.2) is 5.96 Å². The summed E-state index contributed by atoms with van der Waals surface area (Å²) >= 11 is 0. The number of nitrogens with one attached hydrogen (secondary N) is 1. The molecule has 0 spiro atoms. The van der Waals surface area contributed by atoms with Gasteiger partial charge in [-0.05, 0) is 25.5 Å². The Labute approximate surface area is 125 Å². The molecule has 0 bridgehead atoms. The number of hydrogen-bond donors (Lipinski definition) is 2. The van der Waals surface area contributed by atoms with Gasteiger partial charge >= 0.3 is 0 Å². The van der Waals surface area contributed by atoms with Crippen LogP contribution in [-0.2, 0) is 10.3 Å². The van der Waals surface area contributed by atoms with Crippen molar-refractivity contribution < 1.29 is 14.3 Å². The summed E-state index contributed by atoms with van der Waals surface area (Å²) in [6.07, 6.45) is 2.66. The molecular formula is C15H25N3O3. The summed E-state index contributed by atoms with van der Waals surface area (Å²) in [7, 11) is 3.49. The van der Waals surface area contributed by atoms with Crippen molar-refractivity contribution in [3.8, 4) is 0 Å². The molecule has 6 heteroatoms. The molecule has 2 atom stereocenters. The molecule has 1 aromatic heterocycles. The van der Waals surface area contributed by atoms with Crippen LogP contribution in [0.15, 0.2) is 27.8 Å². The Morgan fingerprint density at radius 2 is 2.48 bits per heavy atom. The predicted octanol–water partition coefficient (Wildman–Crippen LogP) is 1.03. The second-order valence-electron chi connectivity index (χ2n) is 5.71. The molecule has 0 aliphatic carbocycles. The topological polar surface area (TPSA) is 70.2 Å². The van der Waals surface area contributed by atoms with Crippen molar-refractivity contribution in [1.82, 2.24) is 10.2 Å². The summed E-state index contributed by atoms with van der Waals surface area (Å²) in [6, 6.07) is 3.54. The molecule has 2 rings (SSSR count). The van der Waals surface area contributed by atoms with Gasteiger partial charge in [-0.3, -0.25) is 4.99 Å². The molecule has 118 valence electrons. The molecule has 1 aliphatic heterocycles. The third kappa shape index (κ3) is 3.98. The van der Waals surface area contributed by atoms with E-state index in [2.05, 4.69) is 15.2 Å². The Balaban J connectivity index is 1.89. The first kappa shape index (κ1) is 15.9. The van der Waals surface area contributed by atoms with E-state index in [-0.39, 0.29) is 0 Å². The number of guanidine groups is 1. The molecule has 2 N–H and O–H groups in total. The van der Waals surface area contributed by atoms with Crippen molar-refractivity contribution in [2.24, 2.45) is 10.9 Å². The van der Waals surface area contributed by atoms with Crippen LogP contribution in [-0.4, -0.2) is 56.4 Å². The number of aliphatic imine (C=N–C) groups is 1. The molecule has 0 aromatic carbocycles. The minimum Gasteiger partial charge on any atom is -0.466 e. The number of ether oxygens (including phenoxy) is 1. The molecule has 1 aromatic rings. The second kappa shape index (κ2) is 6.95. The number of nitrogens with zero attached hydrogens (tertiary/aromatic N) is 2. The van der Waals surface area contributed by atoms with E-state index in [9.17, 15) is 5.11 Å². The fraction of sp³-hybridized carbons (Fsp3) is 0.667. The van der Waals surface area contributed by atoms with Crippen LogP contribution in [0.2, 0.25) is 0 Å². The number of likely N-dealkylation sites (tertiary alicyclic amines) is 1. The van der Waals surface area contributed by atoms with E-state index in [4.69, 9.17) is 9.15 Å². The Morgan fingerprint density at radius 3 is 3.10 bits per heavy atom. The lowest BCUT2D eigenvalue weighted by atomic mass is 10.0. The van der Waals surface area contributed by atoms with Crippen molar-refractivity contribution in [2.45, 2.75) is 18.9 Å². The lowest BCUT2D eigenvalue weighted by Gasteiger charge is -2.26. The summed E-state index contributed by atoms with van der Waals surface area (Å²) in [5, 5.41) is 13.7. The zero-order valence-electron chi connectivity index (χ0n) is 13.0. The van der Waals surface area contributed by atoms with Crippen LogP contribution in [0.25, 0.3) is 0 Å². The van der Waals surface area contributed by atoms with Crippen LogP contribution in [0.5, 0.6) is 0 Å². The lowest BCUT2D eigenvalue weighted by Crippen LogP contribution is -2.45. The maximum atomic E-state index is 10.4. The van der Waals surface area contributed by atoms with Gasteiger partial charge in [0.05, 0.1) is 19.4 Å². The van der Waals surface area contributed by atoms with E-state index >= 15 is 0 Å². The zero-order valence-corrected chi connectivity index (χ0v) is 13.0. The number of methoxy groups -OCH3 is 1. The standard InChI is InChI=1S/C15H25N3O3/c1-15(19,13-5-4-8-21-13)11-17-14(16-2)18-7-6-12(9-18)10-20-3/h4-5,8,12,19H,6-7,9-11H2,1-3H3,(H,16,17). The number of aliphatic hydroxyl groups is 1. The van der Waals surface area contributed by atoms with Crippen LogP contribution >= 0.6 is 0 Å². The second-order valence-corrected chi connectivity index (χ2v) is 5.71. The normalized spacial score (nSPS) is 22.4. The van der Waals surface area contributed by atoms with E-state index in [0.29, 0.717) is 18.2 Å². The first-order valence-electron chi connectivity index (χ1n) is 7.27. The number of rotatable bonds is 5. The van der Waals surface area contributed by atoms with Gasteiger partial charge in [0.1, 0.15) is 11.4 Å². The maximum Gasteiger partial charge on any atom is 0.193 e. The van der Waals surface area contributed by atoms with Crippen LogP contribution in [0.3, 0.4) is 0 Å². The minimum atomic E-state index is -1.06. The average Bonchev–Trinajstić information content (AvgIpc) is 3.11. The van der Waals surface area contributed by atoms with Gasteiger partial charge in [-0.2, -0.15) is 0 Å². The minimum absolute atomic E-state index is 0.346. The molecule has 0 radical (unpaired) electrons. The van der Waals surface area contributed by atoms with Crippen molar-refractivity contribution in [3.63, 3.8) is 0 Å². The van der Waals surface area contributed by atoms with Crippen LogP contribution in [0, 0.1) is 5.92 Å². The van der Waals surface area contributed by atoms with Gasteiger partial charge in [-0.25, -0.2) is 0 Å². The molecule has 2 heterocycles. The molecule has 0 amide bonds. The van der Waals surface area contributed by atoms with E-state index in [0.717, 1.165) is 32.1 Å². The fourth-order valence-corrected chi connectivity index (χ4v) is 2.65. The van der Waals surface area contributed by atoms with Gasteiger partial charge in [-0.15, -0.1) is 0 Å². The van der Waals surface area contributed by atoms with E-state index < -0.39 is 5.60 Å². The van der Waals surface area contributed by atoms with Crippen molar-refractivity contribution in [3.05, 3.63) is 24.2 Å². The van der Waals surface area contributed by atoms with Crippen LogP contribution < -0.4 is 5.32 Å². The highest BCUT2D eigenvalue weighted by Crippen LogP contribution is 2.20. The van der Waals surface area contributed by atoms with Crippen molar-refractivity contribution in [2.75, 3.05) is 40.4 Å². The molecular weight excluding hydrogens is 270 g/mol. The summed E-state index contributed by atoms with van der Waals surface area (Å²) in [4.78, 5) is 6.49. The summed E-state index contributed by atoms with van der Waals surface area (Å²) in [6.45, 7) is 4.73. The number of furan rings is 1. The predicted molar refractivity (Wildman–Crippen MR) is 81.2 cm³/mol. The largest absolute Gasteiger partial charge is 0.466 e. The Hall–Kier alpha value is -1.53. The van der Waals surface area contributed by atoms with Crippen molar-refractivity contribution >= 4 is 5.96 Å². The quantitative estimate of drug-likeness (QED) is 0.627. The van der Waals surface area contributed by atoms with Gasteiger partial charge in [0, 0.05) is 33.2 Å².